The molecule has 0 saturated carbocycles. The highest BCUT2D eigenvalue weighted by atomic mass is 16.2. The van der Waals surface area contributed by atoms with E-state index in [0.29, 0.717) is 6.54 Å². The van der Waals surface area contributed by atoms with Crippen LogP contribution in [0.15, 0.2) is 30.5 Å². The molecule has 0 radical (unpaired) electrons. The Labute approximate surface area is 119 Å². The number of hydrogen-bond donors (Lipinski definition) is 0. The van der Waals surface area contributed by atoms with Gasteiger partial charge in [-0.1, -0.05) is 17.7 Å². The second-order valence-electron chi connectivity index (χ2n) is 5.41. The Bertz CT molecular complexity index is 628. The summed E-state index contributed by atoms with van der Waals surface area (Å²) in [4.78, 5) is 13.5. The molecular weight excluding hydrogens is 250 g/mol. The van der Waals surface area contributed by atoms with Gasteiger partial charge in [0.2, 0.25) is 5.91 Å². The largest absolute Gasteiger partial charge is 0.338 e. The summed E-state index contributed by atoms with van der Waals surface area (Å²) in [7, 11) is 0. The number of benzene rings is 1. The van der Waals surface area contributed by atoms with E-state index < -0.39 is 0 Å². The van der Waals surface area contributed by atoms with Gasteiger partial charge in [-0.25, -0.2) is 4.68 Å². The molecule has 3 rings (SSSR count). The van der Waals surface area contributed by atoms with Gasteiger partial charge in [0, 0.05) is 31.3 Å². The summed E-state index contributed by atoms with van der Waals surface area (Å²) in [6, 6.07) is 8.39. The minimum absolute atomic E-state index is 0.140. The highest BCUT2D eigenvalue weighted by molar-refractivity contribution is 5.73. The lowest BCUT2D eigenvalue weighted by atomic mass is 10.1. The Morgan fingerprint density at radius 1 is 1.25 bits per heavy atom. The number of aromatic nitrogens is 2. The zero-order valence-corrected chi connectivity index (χ0v) is 12.0. The second kappa shape index (κ2) is 5.12. The van der Waals surface area contributed by atoms with E-state index in [0.717, 1.165) is 25.1 Å². The van der Waals surface area contributed by atoms with Crippen molar-refractivity contribution in [3.63, 3.8) is 0 Å². The zero-order valence-electron chi connectivity index (χ0n) is 12.0. The molecule has 1 aromatic heterocycles. The van der Waals surface area contributed by atoms with Crippen LogP contribution in [-0.4, -0.2) is 27.1 Å². The highest BCUT2D eigenvalue weighted by Gasteiger charge is 2.20. The summed E-state index contributed by atoms with van der Waals surface area (Å²) >= 11 is 0. The molecule has 0 N–H and O–H groups in total. The van der Waals surface area contributed by atoms with Crippen molar-refractivity contribution in [3.05, 3.63) is 47.3 Å². The van der Waals surface area contributed by atoms with Gasteiger partial charge in [0.1, 0.15) is 0 Å². The number of aryl methyl sites for hydroxylation is 1. The molecule has 4 nitrogen and oxygen atoms in total. The molecule has 1 aromatic carbocycles. The molecule has 20 heavy (non-hydrogen) atoms. The molecule has 0 bridgehead atoms. The molecule has 0 spiro atoms. The molecule has 0 unspecified atom stereocenters. The fourth-order valence-electron chi connectivity index (χ4n) is 2.71. The van der Waals surface area contributed by atoms with Gasteiger partial charge in [0.05, 0.1) is 11.9 Å². The molecule has 0 saturated heterocycles. The van der Waals surface area contributed by atoms with Crippen molar-refractivity contribution >= 4 is 5.91 Å². The van der Waals surface area contributed by atoms with E-state index in [4.69, 9.17) is 0 Å². The summed E-state index contributed by atoms with van der Waals surface area (Å²) in [6.07, 6.45) is 3.85. The van der Waals surface area contributed by atoms with Crippen LogP contribution in [0.25, 0.3) is 5.69 Å². The van der Waals surface area contributed by atoms with Crippen LogP contribution in [0.4, 0.5) is 0 Å². The van der Waals surface area contributed by atoms with Gasteiger partial charge in [-0.2, -0.15) is 5.10 Å². The summed E-state index contributed by atoms with van der Waals surface area (Å²) in [6.45, 7) is 5.22. The summed E-state index contributed by atoms with van der Waals surface area (Å²) in [5, 5.41) is 4.51. The number of hydrogen-bond acceptors (Lipinski definition) is 2. The van der Waals surface area contributed by atoms with Crippen molar-refractivity contribution in [2.75, 3.05) is 6.54 Å². The molecule has 4 heteroatoms. The summed E-state index contributed by atoms with van der Waals surface area (Å²) in [5.41, 5.74) is 4.73. The van der Waals surface area contributed by atoms with Crippen molar-refractivity contribution in [3.8, 4) is 5.69 Å². The Kier molecular flexibility index (Phi) is 3.30. The predicted molar refractivity (Wildman–Crippen MR) is 77.7 cm³/mol. The molecule has 2 aromatic rings. The fourth-order valence-corrected chi connectivity index (χ4v) is 2.71. The third-order valence-corrected chi connectivity index (χ3v) is 3.88. The number of rotatable bonds is 1. The smallest absolute Gasteiger partial charge is 0.219 e. The van der Waals surface area contributed by atoms with E-state index >= 15 is 0 Å². The van der Waals surface area contributed by atoms with E-state index in [1.165, 1.54) is 16.8 Å². The van der Waals surface area contributed by atoms with Crippen molar-refractivity contribution in [2.45, 2.75) is 33.2 Å². The van der Waals surface area contributed by atoms with Crippen LogP contribution < -0.4 is 0 Å². The minimum atomic E-state index is 0.140. The van der Waals surface area contributed by atoms with Gasteiger partial charge in [0.15, 0.2) is 0 Å². The predicted octanol–water partition coefficient (Wildman–Crippen LogP) is 2.48. The maximum absolute atomic E-state index is 11.6. The van der Waals surface area contributed by atoms with Crippen LogP contribution >= 0.6 is 0 Å². The first-order chi connectivity index (χ1) is 9.65. The van der Waals surface area contributed by atoms with Gasteiger partial charge in [-0.15, -0.1) is 0 Å². The standard InChI is InChI=1S/C16H19N3O/c1-12-5-7-15(8-6-12)19-16-4-3-9-18(13(2)20)11-14(16)10-17-19/h5-8,10H,3-4,9,11H2,1-2H3. The lowest BCUT2D eigenvalue weighted by Gasteiger charge is -2.17. The molecular formula is C16H19N3O. The quantitative estimate of drug-likeness (QED) is 0.797. The maximum Gasteiger partial charge on any atom is 0.219 e. The Balaban J connectivity index is 1.96. The Morgan fingerprint density at radius 2 is 2.00 bits per heavy atom. The molecule has 0 fully saturated rings. The first-order valence-electron chi connectivity index (χ1n) is 7.03. The van der Waals surface area contributed by atoms with Crippen LogP contribution in [0.5, 0.6) is 0 Å². The normalized spacial score (nSPS) is 14.8. The number of carbonyl (C=O) groups excluding carboxylic acids is 1. The van der Waals surface area contributed by atoms with Crippen LogP contribution in [0.3, 0.4) is 0 Å². The summed E-state index contributed by atoms with van der Waals surface area (Å²) in [5.74, 6) is 0.140. The van der Waals surface area contributed by atoms with Gasteiger partial charge in [-0.3, -0.25) is 4.79 Å². The van der Waals surface area contributed by atoms with E-state index in [2.05, 4.69) is 36.3 Å². The molecule has 0 atom stereocenters. The van der Waals surface area contributed by atoms with Crippen molar-refractivity contribution in [1.82, 2.24) is 14.7 Å². The molecule has 1 amide bonds. The van der Waals surface area contributed by atoms with E-state index in [-0.39, 0.29) is 5.91 Å². The van der Waals surface area contributed by atoms with Crippen LogP contribution in [0.1, 0.15) is 30.2 Å². The monoisotopic (exact) mass is 269 g/mol. The molecule has 2 heterocycles. The van der Waals surface area contributed by atoms with Crippen molar-refractivity contribution < 1.29 is 4.79 Å². The minimum Gasteiger partial charge on any atom is -0.338 e. The van der Waals surface area contributed by atoms with Crippen LogP contribution in [-0.2, 0) is 17.8 Å². The lowest BCUT2D eigenvalue weighted by Crippen LogP contribution is -2.27. The zero-order chi connectivity index (χ0) is 14.1. The van der Waals surface area contributed by atoms with Gasteiger partial charge in [0.25, 0.3) is 0 Å². The van der Waals surface area contributed by atoms with Crippen LogP contribution in [0.2, 0.25) is 0 Å². The average Bonchev–Trinajstić information content (AvgIpc) is 2.69. The maximum atomic E-state index is 11.6. The number of carbonyl (C=O) groups is 1. The second-order valence-corrected chi connectivity index (χ2v) is 5.41. The van der Waals surface area contributed by atoms with Crippen LogP contribution in [0, 0.1) is 6.92 Å². The van der Waals surface area contributed by atoms with Crippen molar-refractivity contribution in [1.29, 1.82) is 0 Å². The molecule has 1 aliphatic rings. The Hall–Kier alpha value is -2.10. The van der Waals surface area contributed by atoms with Gasteiger partial charge >= 0.3 is 0 Å². The topological polar surface area (TPSA) is 38.1 Å². The average molecular weight is 269 g/mol. The van der Waals surface area contributed by atoms with E-state index in [1.54, 1.807) is 6.92 Å². The Morgan fingerprint density at radius 3 is 2.70 bits per heavy atom. The number of amides is 1. The van der Waals surface area contributed by atoms with E-state index in [1.807, 2.05) is 15.8 Å². The molecule has 1 aliphatic heterocycles. The molecule has 104 valence electrons. The van der Waals surface area contributed by atoms with Gasteiger partial charge in [-0.05, 0) is 31.9 Å². The number of nitrogens with zero attached hydrogens (tertiary/aromatic N) is 3. The SMILES string of the molecule is CC(=O)N1CCCc2c(cnn2-c2ccc(C)cc2)C1. The number of fused-ring (bicyclic) bond motifs is 1. The summed E-state index contributed by atoms with van der Waals surface area (Å²) < 4.78 is 2.01. The van der Waals surface area contributed by atoms with E-state index in [9.17, 15) is 4.79 Å². The first-order valence-corrected chi connectivity index (χ1v) is 7.03. The van der Waals surface area contributed by atoms with Gasteiger partial charge < -0.3 is 4.90 Å². The van der Waals surface area contributed by atoms with Crippen molar-refractivity contribution in [2.24, 2.45) is 0 Å². The fraction of sp³-hybridized carbons (Fsp3) is 0.375. The highest BCUT2D eigenvalue weighted by Crippen LogP contribution is 2.22. The third-order valence-electron chi connectivity index (χ3n) is 3.88. The lowest BCUT2D eigenvalue weighted by molar-refractivity contribution is -0.129. The molecule has 0 aliphatic carbocycles. The third kappa shape index (κ3) is 2.33. The first kappa shape index (κ1) is 12.9.